The molecule has 0 bridgehead atoms. The zero-order chi connectivity index (χ0) is 14.1. The van der Waals surface area contributed by atoms with E-state index in [0.717, 1.165) is 0 Å². The predicted molar refractivity (Wildman–Crippen MR) is 66.5 cm³/mol. The van der Waals surface area contributed by atoms with Crippen LogP contribution in [-0.4, -0.2) is 19.2 Å². The summed E-state index contributed by atoms with van der Waals surface area (Å²) < 4.78 is 19.0. The zero-order valence-electron chi connectivity index (χ0n) is 10.8. The van der Waals surface area contributed by atoms with Crippen LogP contribution < -0.4 is 10.5 Å². The van der Waals surface area contributed by atoms with E-state index in [-0.39, 0.29) is 17.7 Å². The molecule has 18 heavy (non-hydrogen) atoms. The summed E-state index contributed by atoms with van der Waals surface area (Å²) in [5.41, 5.74) is 5.14. The summed E-state index contributed by atoms with van der Waals surface area (Å²) in [7, 11) is 1.32. The van der Waals surface area contributed by atoms with Gasteiger partial charge in [0, 0.05) is 5.56 Å². The van der Waals surface area contributed by atoms with Crippen LogP contribution in [0.25, 0.3) is 0 Å². The number of hydrogen-bond acceptors (Lipinski definition) is 4. The molecule has 1 rings (SSSR count). The Bertz CT molecular complexity index is 504. The van der Waals surface area contributed by atoms with Crippen LogP contribution in [-0.2, 0) is 10.2 Å². The number of carbonyl (C=O) groups is 2. The van der Waals surface area contributed by atoms with Crippen molar-refractivity contribution < 1.29 is 18.7 Å². The number of ketones is 1. The normalized spacial score (nSPS) is 11.2. The fourth-order valence-corrected chi connectivity index (χ4v) is 1.71. The smallest absolute Gasteiger partial charge is 0.232 e. The molecule has 0 saturated carbocycles. The van der Waals surface area contributed by atoms with Gasteiger partial charge in [0.1, 0.15) is 11.3 Å². The number of carbonyl (C=O) groups excluding carboxylic acids is 2. The minimum absolute atomic E-state index is 0.0484. The van der Waals surface area contributed by atoms with Gasteiger partial charge in [-0.2, -0.15) is 0 Å². The number of methoxy groups -OCH3 is 1. The Labute approximate surface area is 105 Å². The average Bonchev–Trinajstić information content (AvgIpc) is 2.29. The quantitative estimate of drug-likeness (QED) is 0.387. The van der Waals surface area contributed by atoms with E-state index in [2.05, 4.69) is 0 Å². The number of nitrogen functional groups attached to an aromatic ring is 1. The minimum atomic E-state index is -0.984. The first-order valence-electron chi connectivity index (χ1n) is 5.40. The van der Waals surface area contributed by atoms with Crippen LogP contribution in [0.1, 0.15) is 36.7 Å². The van der Waals surface area contributed by atoms with Gasteiger partial charge in [0.15, 0.2) is 12.1 Å². The fourth-order valence-electron chi connectivity index (χ4n) is 1.71. The Morgan fingerprint density at radius 2 is 2.00 bits per heavy atom. The maximum Gasteiger partial charge on any atom is 0.232 e. The van der Waals surface area contributed by atoms with Gasteiger partial charge in [-0.3, -0.25) is 9.59 Å². The number of aldehydes is 1. The van der Waals surface area contributed by atoms with Gasteiger partial charge in [-0.1, -0.05) is 20.8 Å². The highest BCUT2D eigenvalue weighted by Gasteiger charge is 2.28. The second kappa shape index (κ2) is 4.76. The summed E-state index contributed by atoms with van der Waals surface area (Å²) in [5, 5.41) is 0. The van der Waals surface area contributed by atoms with Crippen molar-refractivity contribution in [1.29, 1.82) is 0 Å². The lowest BCUT2D eigenvalue weighted by molar-refractivity contribution is -0.104. The number of anilines is 1. The molecule has 0 saturated heterocycles. The van der Waals surface area contributed by atoms with Crippen LogP contribution in [0.3, 0.4) is 0 Å². The number of ether oxygens (including phenoxy) is 1. The van der Waals surface area contributed by atoms with E-state index in [1.807, 2.05) is 20.8 Å². The molecule has 5 heteroatoms. The SMILES string of the molecule is COc1c(C(C)(C)C)cc(N)c(F)c1C(=O)C=O. The highest BCUT2D eigenvalue weighted by Crippen LogP contribution is 2.38. The van der Waals surface area contributed by atoms with Crippen molar-refractivity contribution >= 4 is 17.8 Å². The van der Waals surface area contributed by atoms with E-state index in [1.165, 1.54) is 13.2 Å². The fraction of sp³-hybridized carbons (Fsp3) is 0.385. The van der Waals surface area contributed by atoms with E-state index < -0.39 is 22.6 Å². The van der Waals surface area contributed by atoms with Crippen LogP contribution in [0.2, 0.25) is 0 Å². The molecule has 0 aromatic heterocycles. The van der Waals surface area contributed by atoms with Gasteiger partial charge >= 0.3 is 0 Å². The lowest BCUT2D eigenvalue weighted by atomic mass is 9.84. The third-order valence-electron chi connectivity index (χ3n) is 2.61. The van der Waals surface area contributed by atoms with E-state index in [1.54, 1.807) is 0 Å². The first-order valence-corrected chi connectivity index (χ1v) is 5.40. The summed E-state index contributed by atoms with van der Waals surface area (Å²) in [6.07, 6.45) is 0.0484. The molecule has 0 spiro atoms. The van der Waals surface area contributed by atoms with Gasteiger partial charge < -0.3 is 10.5 Å². The van der Waals surface area contributed by atoms with E-state index in [4.69, 9.17) is 10.5 Å². The standard InChI is InChI=1S/C13H16FNO3/c1-13(2,3)7-5-8(15)11(14)10(9(17)6-16)12(7)18-4/h5-6H,15H2,1-4H3. The first-order chi connectivity index (χ1) is 8.23. The van der Waals surface area contributed by atoms with Crippen molar-refractivity contribution in [2.45, 2.75) is 26.2 Å². The molecule has 2 N–H and O–H groups in total. The molecule has 0 fully saturated rings. The van der Waals surface area contributed by atoms with Crippen molar-refractivity contribution in [3.05, 3.63) is 23.0 Å². The molecule has 0 aliphatic heterocycles. The van der Waals surface area contributed by atoms with Gasteiger partial charge in [0.05, 0.1) is 12.8 Å². The Balaban J connectivity index is 3.73. The summed E-state index contributed by atoms with van der Waals surface area (Å²) in [4.78, 5) is 22.1. The molecule has 1 aromatic rings. The van der Waals surface area contributed by atoms with Crippen LogP contribution >= 0.6 is 0 Å². The molecule has 1 aromatic carbocycles. The molecule has 0 radical (unpaired) electrons. The monoisotopic (exact) mass is 253 g/mol. The molecule has 0 amide bonds. The number of benzene rings is 1. The Hall–Kier alpha value is -1.91. The summed E-state index contributed by atoms with van der Waals surface area (Å²) >= 11 is 0. The van der Waals surface area contributed by atoms with E-state index in [9.17, 15) is 14.0 Å². The van der Waals surface area contributed by atoms with Crippen LogP contribution in [0, 0.1) is 5.82 Å². The number of rotatable bonds is 3. The first kappa shape index (κ1) is 14.2. The summed E-state index contributed by atoms with van der Waals surface area (Å²) in [6.45, 7) is 5.62. The molecule has 0 atom stereocenters. The molecule has 0 unspecified atom stereocenters. The Morgan fingerprint density at radius 3 is 2.39 bits per heavy atom. The third-order valence-corrected chi connectivity index (χ3v) is 2.61. The van der Waals surface area contributed by atoms with Gasteiger partial charge in [-0.05, 0) is 11.5 Å². The lowest BCUT2D eigenvalue weighted by Crippen LogP contribution is -2.18. The molecular formula is C13H16FNO3. The molecule has 0 heterocycles. The lowest BCUT2D eigenvalue weighted by Gasteiger charge is -2.24. The zero-order valence-corrected chi connectivity index (χ0v) is 10.8. The van der Waals surface area contributed by atoms with Crippen molar-refractivity contribution in [3.63, 3.8) is 0 Å². The van der Waals surface area contributed by atoms with Crippen molar-refractivity contribution in [3.8, 4) is 5.75 Å². The predicted octanol–water partition coefficient (Wildman–Crippen LogP) is 2.10. The number of halogens is 1. The van der Waals surface area contributed by atoms with Crippen LogP contribution in [0.15, 0.2) is 6.07 Å². The average molecular weight is 253 g/mol. The molecule has 98 valence electrons. The van der Waals surface area contributed by atoms with Crippen molar-refractivity contribution in [2.24, 2.45) is 0 Å². The van der Waals surface area contributed by atoms with E-state index >= 15 is 0 Å². The minimum Gasteiger partial charge on any atom is -0.496 e. The summed E-state index contributed by atoms with van der Waals surface area (Å²) in [6, 6.07) is 1.43. The van der Waals surface area contributed by atoms with Gasteiger partial charge in [0.2, 0.25) is 5.78 Å². The van der Waals surface area contributed by atoms with Crippen molar-refractivity contribution in [2.75, 3.05) is 12.8 Å². The van der Waals surface area contributed by atoms with Gasteiger partial charge in [-0.15, -0.1) is 0 Å². The highest BCUT2D eigenvalue weighted by molar-refractivity contribution is 6.34. The number of nitrogens with two attached hydrogens (primary N) is 1. The van der Waals surface area contributed by atoms with Crippen LogP contribution in [0.5, 0.6) is 5.75 Å². The van der Waals surface area contributed by atoms with Gasteiger partial charge in [0.25, 0.3) is 0 Å². The topological polar surface area (TPSA) is 69.4 Å². The largest absolute Gasteiger partial charge is 0.496 e. The van der Waals surface area contributed by atoms with Crippen LogP contribution in [0.4, 0.5) is 10.1 Å². The van der Waals surface area contributed by atoms with E-state index in [0.29, 0.717) is 5.56 Å². The van der Waals surface area contributed by atoms with Crippen molar-refractivity contribution in [1.82, 2.24) is 0 Å². The number of Topliss-reactive ketones (excluding diaryl/α,β-unsaturated/α-hetero) is 1. The Kier molecular flexibility index (Phi) is 3.74. The Morgan fingerprint density at radius 1 is 1.44 bits per heavy atom. The maximum atomic E-state index is 13.9. The molecule has 0 aliphatic carbocycles. The third kappa shape index (κ3) is 2.34. The summed E-state index contributed by atoms with van der Waals surface area (Å²) in [5.74, 6) is -1.84. The van der Waals surface area contributed by atoms with Gasteiger partial charge in [-0.25, -0.2) is 4.39 Å². The number of hydrogen-bond donors (Lipinski definition) is 1. The molecular weight excluding hydrogens is 237 g/mol. The second-order valence-electron chi connectivity index (χ2n) is 4.97. The molecule has 0 aliphatic rings. The second-order valence-corrected chi connectivity index (χ2v) is 4.97. The maximum absolute atomic E-state index is 13.9. The molecule has 4 nitrogen and oxygen atoms in total. The highest BCUT2D eigenvalue weighted by atomic mass is 19.1.